The molecule has 0 aliphatic heterocycles. The average molecular weight is 409 g/mol. The highest BCUT2D eigenvalue weighted by Crippen LogP contribution is 2.31. The van der Waals surface area contributed by atoms with Gasteiger partial charge in [-0.3, -0.25) is 4.79 Å². The number of carbonyl (C=O) groups excluding carboxylic acids is 1. The van der Waals surface area contributed by atoms with Crippen molar-refractivity contribution in [2.45, 2.75) is 39.4 Å². The van der Waals surface area contributed by atoms with Crippen LogP contribution in [0.3, 0.4) is 0 Å². The van der Waals surface area contributed by atoms with Crippen LogP contribution in [-0.4, -0.2) is 25.3 Å². The van der Waals surface area contributed by atoms with E-state index in [9.17, 15) is 18.0 Å². The minimum Gasteiger partial charge on any atom is -0.345 e. The van der Waals surface area contributed by atoms with Crippen LogP contribution >= 0.6 is 11.5 Å². The first-order valence-corrected chi connectivity index (χ1v) is 9.34. The minimum absolute atomic E-state index is 0.287. The summed E-state index contributed by atoms with van der Waals surface area (Å²) >= 11 is 1.03. The van der Waals surface area contributed by atoms with Crippen LogP contribution in [0.5, 0.6) is 0 Å². The van der Waals surface area contributed by atoms with Crippen molar-refractivity contribution in [3.05, 3.63) is 57.9 Å². The maximum absolute atomic E-state index is 13.0. The summed E-state index contributed by atoms with van der Waals surface area (Å²) in [4.78, 5) is 12.9. The van der Waals surface area contributed by atoms with Gasteiger partial charge in [-0.05, 0) is 50.0 Å². The van der Waals surface area contributed by atoms with E-state index in [-0.39, 0.29) is 11.9 Å². The zero-order valence-electron chi connectivity index (χ0n) is 15.4. The third-order valence-electron chi connectivity index (χ3n) is 4.38. The van der Waals surface area contributed by atoms with Crippen molar-refractivity contribution in [1.82, 2.24) is 24.7 Å². The van der Waals surface area contributed by atoms with E-state index < -0.39 is 11.7 Å². The van der Waals surface area contributed by atoms with E-state index in [1.54, 1.807) is 26.1 Å². The van der Waals surface area contributed by atoms with E-state index in [1.807, 2.05) is 6.92 Å². The maximum Gasteiger partial charge on any atom is 0.416 e. The van der Waals surface area contributed by atoms with Crippen LogP contribution < -0.4 is 5.32 Å². The molecule has 1 atom stereocenters. The van der Waals surface area contributed by atoms with Crippen molar-refractivity contribution >= 4 is 17.4 Å². The molecule has 0 aliphatic carbocycles. The normalized spacial score (nSPS) is 12.8. The van der Waals surface area contributed by atoms with Crippen LogP contribution in [-0.2, 0) is 12.6 Å². The topological polar surface area (TPSA) is 72.7 Å². The molecule has 1 amide bonds. The molecular formula is C18H18F3N5OS. The van der Waals surface area contributed by atoms with Gasteiger partial charge in [0.25, 0.3) is 5.91 Å². The monoisotopic (exact) mass is 409 g/mol. The van der Waals surface area contributed by atoms with Gasteiger partial charge in [0.1, 0.15) is 4.88 Å². The molecule has 0 saturated carbocycles. The lowest BCUT2D eigenvalue weighted by atomic mass is 10.1. The Morgan fingerprint density at radius 1 is 1.36 bits per heavy atom. The van der Waals surface area contributed by atoms with Crippen LogP contribution in [0.2, 0.25) is 0 Å². The van der Waals surface area contributed by atoms with Crippen LogP contribution in [0.4, 0.5) is 13.2 Å². The van der Waals surface area contributed by atoms with Gasteiger partial charge in [0.05, 0.1) is 29.2 Å². The number of halogens is 3. The van der Waals surface area contributed by atoms with Crippen molar-refractivity contribution in [1.29, 1.82) is 0 Å². The summed E-state index contributed by atoms with van der Waals surface area (Å²) in [5.41, 5.74) is 1.54. The number of alkyl halides is 3. The second-order valence-corrected chi connectivity index (χ2v) is 7.00. The number of aryl methyl sites for hydroxylation is 1. The summed E-state index contributed by atoms with van der Waals surface area (Å²) in [6.45, 7) is 5.43. The number of benzene rings is 1. The first kappa shape index (κ1) is 20.0. The summed E-state index contributed by atoms with van der Waals surface area (Å²) in [6, 6.07) is 4.56. The molecule has 2 aromatic heterocycles. The summed E-state index contributed by atoms with van der Waals surface area (Å²) in [6.07, 6.45) is -2.28. The fraction of sp³-hybridized carbons (Fsp3) is 0.333. The molecule has 1 N–H and O–H groups in total. The molecule has 0 saturated heterocycles. The lowest BCUT2D eigenvalue weighted by molar-refractivity contribution is -0.137. The molecule has 0 bridgehead atoms. The number of rotatable bonds is 5. The Kier molecular flexibility index (Phi) is 5.50. The second-order valence-electron chi connectivity index (χ2n) is 6.24. The molecule has 2 heterocycles. The molecule has 0 aliphatic rings. The van der Waals surface area contributed by atoms with Gasteiger partial charge in [-0.2, -0.15) is 18.3 Å². The van der Waals surface area contributed by atoms with E-state index in [0.29, 0.717) is 33.9 Å². The largest absolute Gasteiger partial charge is 0.416 e. The van der Waals surface area contributed by atoms with Crippen LogP contribution in [0.25, 0.3) is 5.69 Å². The highest BCUT2D eigenvalue weighted by molar-refractivity contribution is 7.08. The van der Waals surface area contributed by atoms with Gasteiger partial charge >= 0.3 is 6.18 Å². The van der Waals surface area contributed by atoms with Crippen molar-refractivity contribution < 1.29 is 18.0 Å². The Hall–Kier alpha value is -2.75. The molecule has 3 rings (SSSR count). The van der Waals surface area contributed by atoms with Gasteiger partial charge in [-0.25, -0.2) is 4.68 Å². The maximum atomic E-state index is 13.0. The Morgan fingerprint density at radius 3 is 2.79 bits per heavy atom. The van der Waals surface area contributed by atoms with Gasteiger partial charge in [0, 0.05) is 11.3 Å². The third kappa shape index (κ3) is 3.91. The molecule has 3 aromatic rings. The highest BCUT2D eigenvalue weighted by atomic mass is 32.1. The van der Waals surface area contributed by atoms with E-state index >= 15 is 0 Å². The minimum atomic E-state index is -4.43. The summed E-state index contributed by atoms with van der Waals surface area (Å²) < 4.78 is 44.1. The number of amides is 1. The standard InChI is InChI=1S/C18H18F3N5OS/c1-4-15-16(28-25-24-15)17(27)23-10(2)14-9-22-26(11(14)3)13-7-5-6-12(8-13)18(19,20)21/h5-10H,4H2,1-3H3,(H,23,27). The first-order valence-electron chi connectivity index (χ1n) is 8.56. The molecule has 28 heavy (non-hydrogen) atoms. The Balaban J connectivity index is 1.84. The number of hydrogen-bond donors (Lipinski definition) is 1. The van der Waals surface area contributed by atoms with E-state index in [0.717, 1.165) is 23.7 Å². The van der Waals surface area contributed by atoms with Crippen LogP contribution in [0.15, 0.2) is 30.5 Å². The number of aromatic nitrogens is 4. The lowest BCUT2D eigenvalue weighted by Crippen LogP contribution is -2.27. The molecule has 148 valence electrons. The zero-order valence-corrected chi connectivity index (χ0v) is 16.2. The first-order chi connectivity index (χ1) is 13.2. The van der Waals surface area contributed by atoms with Gasteiger partial charge < -0.3 is 5.32 Å². The Bertz CT molecular complexity index is 995. The predicted molar refractivity (Wildman–Crippen MR) is 98.5 cm³/mol. The van der Waals surface area contributed by atoms with Crippen molar-refractivity contribution in [3.8, 4) is 5.69 Å². The molecule has 0 radical (unpaired) electrons. The summed E-state index contributed by atoms with van der Waals surface area (Å²) in [7, 11) is 0. The van der Waals surface area contributed by atoms with E-state index in [2.05, 4.69) is 20.0 Å². The number of nitrogens with zero attached hydrogens (tertiary/aromatic N) is 4. The van der Waals surface area contributed by atoms with Gasteiger partial charge in [-0.15, -0.1) is 5.10 Å². The van der Waals surface area contributed by atoms with Gasteiger partial charge in [0.2, 0.25) is 0 Å². The molecule has 6 nitrogen and oxygen atoms in total. The van der Waals surface area contributed by atoms with Crippen molar-refractivity contribution in [3.63, 3.8) is 0 Å². The van der Waals surface area contributed by atoms with E-state index in [4.69, 9.17) is 0 Å². The van der Waals surface area contributed by atoms with Gasteiger partial charge in [0.15, 0.2) is 0 Å². The fourth-order valence-corrected chi connectivity index (χ4v) is 3.53. The van der Waals surface area contributed by atoms with Crippen LogP contribution in [0.1, 0.15) is 52.1 Å². The SMILES string of the molecule is CCc1nnsc1C(=O)NC(C)c1cnn(-c2cccc(C(F)(F)F)c2)c1C. The molecule has 0 fully saturated rings. The second kappa shape index (κ2) is 7.70. The average Bonchev–Trinajstić information content (AvgIpc) is 3.27. The molecule has 1 aromatic carbocycles. The quantitative estimate of drug-likeness (QED) is 0.689. The van der Waals surface area contributed by atoms with E-state index in [1.165, 1.54) is 10.7 Å². The lowest BCUT2D eigenvalue weighted by Gasteiger charge is -2.14. The van der Waals surface area contributed by atoms with Crippen molar-refractivity contribution in [2.24, 2.45) is 0 Å². The van der Waals surface area contributed by atoms with Gasteiger partial charge in [-0.1, -0.05) is 17.5 Å². The summed E-state index contributed by atoms with van der Waals surface area (Å²) in [5.74, 6) is -0.287. The Morgan fingerprint density at radius 2 is 2.11 bits per heavy atom. The molecular weight excluding hydrogens is 391 g/mol. The van der Waals surface area contributed by atoms with Crippen molar-refractivity contribution in [2.75, 3.05) is 0 Å². The summed E-state index contributed by atoms with van der Waals surface area (Å²) in [5, 5.41) is 11.0. The Labute approximate surface area is 163 Å². The predicted octanol–water partition coefficient (Wildman–Crippen LogP) is 4.10. The number of hydrogen-bond acceptors (Lipinski definition) is 5. The highest BCUT2D eigenvalue weighted by Gasteiger charge is 2.30. The molecule has 10 heteroatoms. The fourth-order valence-electron chi connectivity index (χ4n) is 2.87. The number of carbonyl (C=O) groups is 1. The third-order valence-corrected chi connectivity index (χ3v) is 5.14. The molecule has 0 spiro atoms. The zero-order chi connectivity index (χ0) is 20.5. The molecule has 1 unspecified atom stereocenters. The number of nitrogens with one attached hydrogen (secondary N) is 1. The van der Waals surface area contributed by atoms with Crippen LogP contribution in [0, 0.1) is 6.92 Å². The smallest absolute Gasteiger partial charge is 0.345 e.